The van der Waals surface area contributed by atoms with Crippen LogP contribution >= 0.6 is 0 Å². The summed E-state index contributed by atoms with van der Waals surface area (Å²) in [4.78, 5) is 33.9. The zero-order chi connectivity index (χ0) is 12.8. The fraction of sp³-hybridized carbons (Fsp3) is 0.750. The predicted molar refractivity (Wildman–Crippen MR) is 60.2 cm³/mol. The molecule has 0 unspecified atom stereocenters. The molecular weight excluding hydrogens is 208 g/mol. The number of carboxylic acids is 1. The van der Waals surface area contributed by atoms with Crippen LogP contribution in [0.5, 0.6) is 0 Å². The Balaban J connectivity index is 4.72. The quantitative estimate of drug-likeness (QED) is 0.510. The highest BCUT2D eigenvalue weighted by molar-refractivity contribution is 6.20. The monoisotopic (exact) mass is 228 g/mol. The smallest absolute Gasteiger partial charge is 0.324 e. The van der Waals surface area contributed by atoms with Gasteiger partial charge in [-0.15, -0.1) is 0 Å². The number of carboxylic acid groups (broad SMARTS) is 1. The van der Waals surface area contributed by atoms with Gasteiger partial charge >= 0.3 is 5.97 Å². The number of carbonyl (C=O) groups excluding carboxylic acids is 2. The van der Waals surface area contributed by atoms with Crippen LogP contribution < -0.4 is 0 Å². The lowest BCUT2D eigenvalue weighted by Gasteiger charge is -2.23. The molecule has 0 saturated carbocycles. The second-order valence-corrected chi connectivity index (χ2v) is 4.13. The van der Waals surface area contributed by atoms with Crippen LogP contribution in [0.4, 0.5) is 0 Å². The summed E-state index contributed by atoms with van der Waals surface area (Å²) in [6.07, 6.45) is 3.59. The van der Waals surface area contributed by atoms with Crippen LogP contribution in [0, 0.1) is 5.41 Å². The zero-order valence-electron chi connectivity index (χ0n) is 10.2. The Morgan fingerprint density at radius 2 is 1.50 bits per heavy atom. The number of hydrogen-bond acceptors (Lipinski definition) is 3. The van der Waals surface area contributed by atoms with E-state index in [0.717, 1.165) is 19.3 Å². The lowest BCUT2D eigenvalue weighted by Crippen LogP contribution is -2.44. The number of unbranched alkanes of at least 4 members (excludes halogenated alkanes) is 3. The van der Waals surface area contributed by atoms with Gasteiger partial charge in [-0.1, -0.05) is 32.6 Å². The van der Waals surface area contributed by atoms with Gasteiger partial charge in [-0.2, -0.15) is 0 Å². The van der Waals surface area contributed by atoms with Crippen molar-refractivity contribution in [3.8, 4) is 0 Å². The van der Waals surface area contributed by atoms with E-state index in [0.29, 0.717) is 6.42 Å². The van der Waals surface area contributed by atoms with Crippen molar-refractivity contribution >= 4 is 17.5 Å². The van der Waals surface area contributed by atoms with Crippen LogP contribution in [0.1, 0.15) is 52.9 Å². The van der Waals surface area contributed by atoms with Gasteiger partial charge < -0.3 is 5.11 Å². The molecule has 1 N–H and O–H groups in total. The minimum Gasteiger partial charge on any atom is -0.480 e. The molecule has 0 rings (SSSR count). The highest BCUT2D eigenvalue weighted by Gasteiger charge is 2.47. The van der Waals surface area contributed by atoms with Crippen LogP contribution in [0.15, 0.2) is 0 Å². The van der Waals surface area contributed by atoms with Gasteiger partial charge in [0.2, 0.25) is 0 Å². The maximum absolute atomic E-state index is 11.4. The minimum atomic E-state index is -1.81. The number of rotatable bonds is 8. The molecule has 0 aliphatic heterocycles. The molecule has 0 aromatic carbocycles. The average Bonchev–Trinajstić information content (AvgIpc) is 2.16. The van der Waals surface area contributed by atoms with Crippen LogP contribution in [0.2, 0.25) is 0 Å². The summed E-state index contributed by atoms with van der Waals surface area (Å²) in [5.74, 6) is -2.45. The van der Waals surface area contributed by atoms with Crippen LogP contribution in [-0.2, 0) is 14.4 Å². The maximum Gasteiger partial charge on any atom is 0.324 e. The van der Waals surface area contributed by atoms with Gasteiger partial charge in [0.15, 0.2) is 17.0 Å². The molecule has 0 radical (unpaired) electrons. The molecule has 0 aliphatic rings. The molecule has 0 heterocycles. The summed E-state index contributed by atoms with van der Waals surface area (Å²) in [5.41, 5.74) is -1.81. The SMILES string of the molecule is CCCCCCC(C(C)=O)(C(C)=O)C(=O)O. The standard InChI is InChI=1S/C12H20O4/c1-4-5-6-7-8-12(9(2)13,10(3)14)11(15)16/h4-8H2,1-3H3,(H,15,16). The lowest BCUT2D eigenvalue weighted by atomic mass is 9.76. The number of ketones is 2. The summed E-state index contributed by atoms with van der Waals surface area (Å²) >= 11 is 0. The first-order valence-corrected chi connectivity index (χ1v) is 5.65. The first-order chi connectivity index (χ1) is 7.39. The Hall–Kier alpha value is -1.19. The van der Waals surface area contributed by atoms with Crippen molar-refractivity contribution in [3.05, 3.63) is 0 Å². The van der Waals surface area contributed by atoms with E-state index in [9.17, 15) is 14.4 Å². The first kappa shape index (κ1) is 14.8. The van der Waals surface area contributed by atoms with E-state index < -0.39 is 23.0 Å². The molecule has 0 saturated heterocycles. The van der Waals surface area contributed by atoms with Crippen molar-refractivity contribution in [2.24, 2.45) is 5.41 Å². The van der Waals surface area contributed by atoms with E-state index in [1.54, 1.807) is 0 Å². The third kappa shape index (κ3) is 3.15. The van der Waals surface area contributed by atoms with Crippen molar-refractivity contribution in [1.29, 1.82) is 0 Å². The van der Waals surface area contributed by atoms with Gasteiger partial charge in [-0.05, 0) is 20.3 Å². The van der Waals surface area contributed by atoms with E-state index in [1.807, 2.05) is 6.92 Å². The first-order valence-electron chi connectivity index (χ1n) is 5.65. The van der Waals surface area contributed by atoms with E-state index >= 15 is 0 Å². The van der Waals surface area contributed by atoms with E-state index in [4.69, 9.17) is 5.11 Å². The van der Waals surface area contributed by atoms with Crippen LogP contribution in [0.3, 0.4) is 0 Å². The molecule has 0 fully saturated rings. The maximum atomic E-state index is 11.4. The molecule has 0 bridgehead atoms. The van der Waals surface area contributed by atoms with Crippen LogP contribution in [0.25, 0.3) is 0 Å². The fourth-order valence-corrected chi connectivity index (χ4v) is 1.83. The van der Waals surface area contributed by atoms with Crippen molar-refractivity contribution < 1.29 is 19.5 Å². The lowest BCUT2D eigenvalue weighted by molar-refractivity contribution is -0.159. The largest absolute Gasteiger partial charge is 0.480 e. The normalized spacial score (nSPS) is 11.2. The molecule has 4 heteroatoms. The molecule has 0 atom stereocenters. The number of carbonyl (C=O) groups is 3. The predicted octanol–water partition coefficient (Wildman–Crippen LogP) is 2.21. The molecule has 0 aliphatic carbocycles. The Kier molecular flexibility index (Phi) is 5.93. The Labute approximate surface area is 96.0 Å². The Morgan fingerprint density at radius 1 is 1.00 bits per heavy atom. The molecule has 0 aromatic rings. The summed E-state index contributed by atoms with van der Waals surface area (Å²) < 4.78 is 0. The number of hydrogen-bond donors (Lipinski definition) is 1. The molecule has 0 amide bonds. The topological polar surface area (TPSA) is 71.4 Å². The van der Waals surface area contributed by atoms with Gasteiger partial charge in [-0.3, -0.25) is 14.4 Å². The Morgan fingerprint density at radius 3 is 1.81 bits per heavy atom. The van der Waals surface area contributed by atoms with Crippen LogP contribution in [-0.4, -0.2) is 22.6 Å². The summed E-state index contributed by atoms with van der Waals surface area (Å²) in [7, 11) is 0. The van der Waals surface area contributed by atoms with Gasteiger partial charge in [-0.25, -0.2) is 0 Å². The summed E-state index contributed by atoms with van der Waals surface area (Å²) in [6, 6.07) is 0. The third-order valence-electron chi connectivity index (χ3n) is 2.97. The number of aliphatic carboxylic acids is 1. The fourth-order valence-electron chi connectivity index (χ4n) is 1.83. The molecular formula is C12H20O4. The molecule has 0 aromatic heterocycles. The van der Waals surface area contributed by atoms with Crippen molar-refractivity contribution in [3.63, 3.8) is 0 Å². The van der Waals surface area contributed by atoms with E-state index in [2.05, 4.69) is 0 Å². The second-order valence-electron chi connectivity index (χ2n) is 4.13. The zero-order valence-corrected chi connectivity index (χ0v) is 10.2. The van der Waals surface area contributed by atoms with Gasteiger partial charge in [0.25, 0.3) is 0 Å². The molecule has 0 spiro atoms. The van der Waals surface area contributed by atoms with Crippen molar-refractivity contribution in [2.75, 3.05) is 0 Å². The van der Waals surface area contributed by atoms with Gasteiger partial charge in [0.1, 0.15) is 0 Å². The van der Waals surface area contributed by atoms with E-state index in [1.165, 1.54) is 13.8 Å². The summed E-state index contributed by atoms with van der Waals surface area (Å²) in [5, 5.41) is 9.08. The van der Waals surface area contributed by atoms with Gasteiger partial charge in [0.05, 0.1) is 0 Å². The molecule has 16 heavy (non-hydrogen) atoms. The molecule has 4 nitrogen and oxygen atoms in total. The number of Topliss-reactive ketones (excluding diaryl/α,β-unsaturated/α-hetero) is 2. The third-order valence-corrected chi connectivity index (χ3v) is 2.97. The highest BCUT2D eigenvalue weighted by Crippen LogP contribution is 2.28. The second kappa shape index (κ2) is 6.40. The summed E-state index contributed by atoms with van der Waals surface area (Å²) in [6.45, 7) is 4.39. The van der Waals surface area contributed by atoms with Crippen molar-refractivity contribution in [2.45, 2.75) is 52.9 Å². The van der Waals surface area contributed by atoms with E-state index in [-0.39, 0.29) is 6.42 Å². The van der Waals surface area contributed by atoms with Crippen molar-refractivity contribution in [1.82, 2.24) is 0 Å². The highest BCUT2D eigenvalue weighted by atomic mass is 16.4. The molecule has 92 valence electrons. The average molecular weight is 228 g/mol. The Bertz CT molecular complexity index is 245. The van der Waals surface area contributed by atoms with Gasteiger partial charge in [0, 0.05) is 0 Å². The minimum absolute atomic E-state index is 0.118.